The minimum Gasteiger partial charge on any atom is -0.319 e. The van der Waals surface area contributed by atoms with Crippen molar-refractivity contribution in [3.8, 4) is 0 Å². The molecule has 2 aromatic carbocycles. The monoisotopic (exact) mass is 311 g/mol. The molecule has 21 heavy (non-hydrogen) atoms. The lowest BCUT2D eigenvalue weighted by Crippen LogP contribution is -2.16. The van der Waals surface area contributed by atoms with Crippen molar-refractivity contribution in [1.29, 1.82) is 0 Å². The van der Waals surface area contributed by atoms with Gasteiger partial charge in [-0.2, -0.15) is 0 Å². The minimum absolute atomic E-state index is 0.135. The molecular formula is C14H11F2NO3S. The Morgan fingerprint density at radius 1 is 1.10 bits per heavy atom. The van der Waals surface area contributed by atoms with Crippen LogP contribution in [0.3, 0.4) is 0 Å². The van der Waals surface area contributed by atoms with E-state index in [0.717, 1.165) is 24.5 Å². The summed E-state index contributed by atoms with van der Waals surface area (Å²) < 4.78 is 49.8. The SMILES string of the molecule is CS(=O)(=O)c1ccccc1C(=O)Nc1cc(F)ccc1F. The van der Waals surface area contributed by atoms with E-state index < -0.39 is 27.4 Å². The number of carbonyl (C=O) groups excluding carboxylic acids is 1. The number of anilines is 1. The zero-order valence-corrected chi connectivity index (χ0v) is 11.7. The van der Waals surface area contributed by atoms with Gasteiger partial charge in [0.2, 0.25) is 0 Å². The van der Waals surface area contributed by atoms with E-state index in [9.17, 15) is 22.0 Å². The van der Waals surface area contributed by atoms with Crippen LogP contribution in [0, 0.1) is 11.6 Å². The molecule has 1 amide bonds. The Hall–Kier alpha value is -2.28. The third-order valence-corrected chi connectivity index (χ3v) is 3.86. The summed E-state index contributed by atoms with van der Waals surface area (Å²) in [6.45, 7) is 0. The molecule has 4 nitrogen and oxygen atoms in total. The summed E-state index contributed by atoms with van der Waals surface area (Å²) in [5, 5.41) is 2.16. The Morgan fingerprint density at radius 3 is 2.43 bits per heavy atom. The van der Waals surface area contributed by atoms with E-state index in [1.807, 2.05) is 0 Å². The first-order valence-corrected chi connectivity index (χ1v) is 7.73. The molecule has 0 aliphatic carbocycles. The molecule has 0 radical (unpaired) electrons. The number of amides is 1. The van der Waals surface area contributed by atoms with Gasteiger partial charge < -0.3 is 5.32 Å². The number of hydrogen-bond acceptors (Lipinski definition) is 3. The van der Waals surface area contributed by atoms with Gasteiger partial charge in [0, 0.05) is 12.3 Å². The van der Waals surface area contributed by atoms with Crippen LogP contribution >= 0.6 is 0 Å². The Kier molecular flexibility index (Phi) is 4.04. The van der Waals surface area contributed by atoms with Crippen LogP contribution in [0.1, 0.15) is 10.4 Å². The second-order valence-corrected chi connectivity index (χ2v) is 6.33. The molecule has 0 fully saturated rings. The molecule has 0 bridgehead atoms. The summed E-state index contributed by atoms with van der Waals surface area (Å²) in [6, 6.07) is 8.11. The van der Waals surface area contributed by atoms with Crippen molar-refractivity contribution in [1.82, 2.24) is 0 Å². The van der Waals surface area contributed by atoms with Crippen LogP contribution in [0.4, 0.5) is 14.5 Å². The van der Waals surface area contributed by atoms with Crippen LogP contribution in [0.15, 0.2) is 47.4 Å². The third-order valence-electron chi connectivity index (χ3n) is 2.71. The van der Waals surface area contributed by atoms with Gasteiger partial charge in [-0.1, -0.05) is 12.1 Å². The van der Waals surface area contributed by atoms with Crippen molar-refractivity contribution in [2.45, 2.75) is 4.90 Å². The van der Waals surface area contributed by atoms with Crippen molar-refractivity contribution in [2.24, 2.45) is 0 Å². The summed E-state index contributed by atoms with van der Waals surface area (Å²) >= 11 is 0. The number of benzene rings is 2. The molecule has 0 aliphatic heterocycles. The van der Waals surface area contributed by atoms with Gasteiger partial charge in [-0.25, -0.2) is 17.2 Å². The van der Waals surface area contributed by atoms with Crippen LogP contribution < -0.4 is 5.32 Å². The van der Waals surface area contributed by atoms with Crippen LogP contribution in [0.2, 0.25) is 0 Å². The lowest BCUT2D eigenvalue weighted by Gasteiger charge is -2.09. The topological polar surface area (TPSA) is 63.2 Å². The molecule has 0 spiro atoms. The standard InChI is InChI=1S/C14H11F2NO3S/c1-21(19,20)13-5-3-2-4-10(13)14(18)17-12-8-9(15)6-7-11(12)16/h2-8H,1H3,(H,17,18). The molecule has 0 aliphatic rings. The van der Waals surface area contributed by atoms with Crippen molar-refractivity contribution < 1.29 is 22.0 Å². The Balaban J connectivity index is 2.40. The summed E-state index contributed by atoms with van der Waals surface area (Å²) in [4.78, 5) is 11.9. The van der Waals surface area contributed by atoms with Crippen LogP contribution in [0.25, 0.3) is 0 Å². The molecule has 0 saturated heterocycles. The second-order valence-electron chi connectivity index (χ2n) is 4.35. The zero-order valence-electron chi connectivity index (χ0n) is 10.9. The quantitative estimate of drug-likeness (QED) is 0.948. The number of nitrogens with one attached hydrogen (secondary N) is 1. The molecule has 1 N–H and O–H groups in total. The maximum Gasteiger partial charge on any atom is 0.257 e. The molecule has 2 aromatic rings. The smallest absolute Gasteiger partial charge is 0.257 e. The lowest BCUT2D eigenvalue weighted by atomic mass is 10.2. The molecule has 0 heterocycles. The van der Waals surface area contributed by atoms with Gasteiger partial charge in [0.05, 0.1) is 16.1 Å². The highest BCUT2D eigenvalue weighted by atomic mass is 32.2. The van der Waals surface area contributed by atoms with Crippen molar-refractivity contribution in [2.75, 3.05) is 11.6 Å². The highest BCUT2D eigenvalue weighted by Crippen LogP contribution is 2.20. The van der Waals surface area contributed by atoms with E-state index in [2.05, 4.69) is 5.32 Å². The summed E-state index contributed by atoms with van der Waals surface area (Å²) in [6.07, 6.45) is 0.960. The van der Waals surface area contributed by atoms with E-state index >= 15 is 0 Å². The molecule has 2 rings (SSSR count). The molecule has 110 valence electrons. The van der Waals surface area contributed by atoms with E-state index in [1.54, 1.807) is 0 Å². The van der Waals surface area contributed by atoms with Gasteiger partial charge in [0.1, 0.15) is 11.6 Å². The highest BCUT2D eigenvalue weighted by molar-refractivity contribution is 7.90. The first-order chi connectivity index (χ1) is 9.79. The van der Waals surface area contributed by atoms with Crippen molar-refractivity contribution >= 4 is 21.4 Å². The van der Waals surface area contributed by atoms with E-state index in [4.69, 9.17) is 0 Å². The fourth-order valence-corrected chi connectivity index (χ4v) is 2.65. The largest absolute Gasteiger partial charge is 0.319 e. The minimum atomic E-state index is -3.62. The summed E-state index contributed by atoms with van der Waals surface area (Å²) in [5.41, 5.74) is -0.494. The molecule has 7 heteroatoms. The normalized spacial score (nSPS) is 11.2. The number of hydrogen-bond donors (Lipinski definition) is 1. The molecule has 0 saturated carbocycles. The molecular weight excluding hydrogens is 300 g/mol. The first kappa shape index (κ1) is 15.1. The van der Waals surface area contributed by atoms with Gasteiger partial charge in [-0.15, -0.1) is 0 Å². The van der Waals surface area contributed by atoms with Gasteiger partial charge >= 0.3 is 0 Å². The zero-order chi connectivity index (χ0) is 15.6. The predicted octanol–water partition coefficient (Wildman–Crippen LogP) is 2.62. The summed E-state index contributed by atoms with van der Waals surface area (Å²) in [5.74, 6) is -2.37. The highest BCUT2D eigenvalue weighted by Gasteiger charge is 2.19. The first-order valence-electron chi connectivity index (χ1n) is 5.84. The van der Waals surface area contributed by atoms with E-state index in [-0.39, 0.29) is 16.1 Å². The van der Waals surface area contributed by atoms with Gasteiger partial charge in [-0.3, -0.25) is 4.79 Å². The number of rotatable bonds is 3. The lowest BCUT2D eigenvalue weighted by molar-refractivity contribution is 0.102. The fraction of sp³-hybridized carbons (Fsp3) is 0.0714. The van der Waals surface area contributed by atoms with Crippen LogP contribution in [-0.2, 0) is 9.84 Å². The Bertz CT molecular complexity index is 804. The van der Waals surface area contributed by atoms with Crippen LogP contribution in [0.5, 0.6) is 0 Å². The van der Waals surface area contributed by atoms with Crippen molar-refractivity contribution in [3.63, 3.8) is 0 Å². The van der Waals surface area contributed by atoms with E-state index in [1.165, 1.54) is 24.3 Å². The van der Waals surface area contributed by atoms with Gasteiger partial charge in [0.15, 0.2) is 9.84 Å². The third kappa shape index (κ3) is 3.43. The second kappa shape index (κ2) is 5.61. The average molecular weight is 311 g/mol. The van der Waals surface area contributed by atoms with Gasteiger partial charge in [0.25, 0.3) is 5.91 Å². The maximum atomic E-state index is 13.5. The summed E-state index contributed by atoms with van der Waals surface area (Å²) in [7, 11) is -3.62. The number of carbonyl (C=O) groups is 1. The molecule has 0 atom stereocenters. The predicted molar refractivity (Wildman–Crippen MR) is 73.9 cm³/mol. The Morgan fingerprint density at radius 2 is 1.76 bits per heavy atom. The van der Waals surface area contributed by atoms with Gasteiger partial charge in [-0.05, 0) is 24.3 Å². The maximum absolute atomic E-state index is 13.5. The average Bonchev–Trinajstić information content (AvgIpc) is 2.42. The van der Waals surface area contributed by atoms with Crippen LogP contribution in [-0.4, -0.2) is 20.6 Å². The Labute approximate surface area is 120 Å². The fourth-order valence-electron chi connectivity index (χ4n) is 1.76. The molecule has 0 unspecified atom stereocenters. The number of halogens is 2. The number of sulfone groups is 1. The van der Waals surface area contributed by atoms with Crippen molar-refractivity contribution in [3.05, 3.63) is 59.7 Å². The van der Waals surface area contributed by atoms with E-state index in [0.29, 0.717) is 0 Å². The molecule has 0 aromatic heterocycles.